The first-order chi connectivity index (χ1) is 13.0. The third-order valence-corrected chi connectivity index (χ3v) is 4.55. The molecule has 0 radical (unpaired) electrons. The van der Waals surface area contributed by atoms with Gasteiger partial charge in [-0.2, -0.15) is 0 Å². The Morgan fingerprint density at radius 1 is 1.07 bits per heavy atom. The SMILES string of the molecule is CC(C)c1ccc(C(=O)COC(=O)c2ccc(N3CCOCC3)nc2)cc1. The van der Waals surface area contributed by atoms with Crippen LogP contribution in [0.4, 0.5) is 5.82 Å². The van der Waals surface area contributed by atoms with Crippen molar-refractivity contribution in [2.24, 2.45) is 0 Å². The molecule has 0 unspecified atom stereocenters. The van der Waals surface area contributed by atoms with E-state index in [9.17, 15) is 9.59 Å². The van der Waals surface area contributed by atoms with Crippen molar-refractivity contribution >= 4 is 17.6 Å². The number of carbonyl (C=O) groups excluding carboxylic acids is 2. The number of pyridine rings is 1. The van der Waals surface area contributed by atoms with Crippen molar-refractivity contribution in [3.63, 3.8) is 0 Å². The Morgan fingerprint density at radius 3 is 2.33 bits per heavy atom. The lowest BCUT2D eigenvalue weighted by Gasteiger charge is -2.27. The second kappa shape index (κ2) is 8.77. The van der Waals surface area contributed by atoms with Crippen LogP contribution in [0.1, 0.15) is 46.0 Å². The van der Waals surface area contributed by atoms with E-state index in [1.54, 1.807) is 24.3 Å². The van der Waals surface area contributed by atoms with Crippen molar-refractivity contribution in [2.75, 3.05) is 37.8 Å². The minimum absolute atomic E-state index is 0.225. The maximum atomic E-state index is 12.2. The van der Waals surface area contributed by atoms with Crippen LogP contribution in [0.2, 0.25) is 0 Å². The zero-order chi connectivity index (χ0) is 19.2. The number of carbonyl (C=O) groups is 2. The molecule has 1 saturated heterocycles. The third-order valence-electron chi connectivity index (χ3n) is 4.55. The number of anilines is 1. The molecule has 0 N–H and O–H groups in total. The number of hydrogen-bond acceptors (Lipinski definition) is 6. The molecule has 27 heavy (non-hydrogen) atoms. The number of hydrogen-bond donors (Lipinski definition) is 0. The van der Waals surface area contributed by atoms with E-state index in [-0.39, 0.29) is 12.4 Å². The second-order valence-electron chi connectivity index (χ2n) is 6.78. The summed E-state index contributed by atoms with van der Waals surface area (Å²) in [6.45, 7) is 6.80. The Hall–Kier alpha value is -2.73. The van der Waals surface area contributed by atoms with Crippen LogP contribution in [-0.2, 0) is 9.47 Å². The van der Waals surface area contributed by atoms with Gasteiger partial charge in [0.15, 0.2) is 12.4 Å². The number of rotatable bonds is 6. The largest absolute Gasteiger partial charge is 0.454 e. The summed E-state index contributed by atoms with van der Waals surface area (Å²) in [7, 11) is 0. The van der Waals surface area contributed by atoms with Gasteiger partial charge in [0, 0.05) is 24.8 Å². The molecule has 6 nitrogen and oxygen atoms in total. The molecule has 2 aromatic rings. The Bertz CT molecular complexity index is 779. The van der Waals surface area contributed by atoms with E-state index in [1.807, 2.05) is 12.1 Å². The summed E-state index contributed by atoms with van der Waals surface area (Å²) in [5.41, 5.74) is 2.03. The van der Waals surface area contributed by atoms with E-state index >= 15 is 0 Å². The summed E-state index contributed by atoms with van der Waals surface area (Å²) in [5, 5.41) is 0. The highest BCUT2D eigenvalue weighted by atomic mass is 16.5. The van der Waals surface area contributed by atoms with E-state index in [0.29, 0.717) is 30.3 Å². The number of morpholine rings is 1. The van der Waals surface area contributed by atoms with E-state index in [2.05, 4.69) is 23.7 Å². The van der Waals surface area contributed by atoms with Gasteiger partial charge in [-0.3, -0.25) is 4.79 Å². The summed E-state index contributed by atoms with van der Waals surface area (Å²) in [6.07, 6.45) is 1.48. The van der Waals surface area contributed by atoms with Crippen LogP contribution in [0.25, 0.3) is 0 Å². The topological polar surface area (TPSA) is 68.7 Å². The molecule has 2 heterocycles. The molecule has 6 heteroatoms. The highest BCUT2D eigenvalue weighted by Crippen LogP contribution is 2.16. The molecule has 0 atom stereocenters. The zero-order valence-corrected chi connectivity index (χ0v) is 15.7. The van der Waals surface area contributed by atoms with Gasteiger partial charge >= 0.3 is 5.97 Å². The fraction of sp³-hybridized carbons (Fsp3) is 0.381. The van der Waals surface area contributed by atoms with Crippen LogP contribution in [-0.4, -0.2) is 49.6 Å². The number of Topliss-reactive ketones (excluding diaryl/α,β-unsaturated/α-hetero) is 1. The first kappa shape index (κ1) is 19.0. The van der Waals surface area contributed by atoms with Crippen LogP contribution in [0, 0.1) is 0 Å². The number of aromatic nitrogens is 1. The standard InChI is InChI=1S/C21H24N2O4/c1-15(2)16-3-5-17(6-4-16)19(24)14-27-21(25)18-7-8-20(22-13-18)23-9-11-26-12-10-23/h3-8,13,15H,9-12,14H2,1-2H3. The highest BCUT2D eigenvalue weighted by molar-refractivity contribution is 5.99. The maximum Gasteiger partial charge on any atom is 0.340 e. The summed E-state index contributed by atoms with van der Waals surface area (Å²) in [6, 6.07) is 10.8. The molecule has 0 amide bonds. The van der Waals surface area contributed by atoms with Crippen LogP contribution >= 0.6 is 0 Å². The molecular weight excluding hydrogens is 344 g/mol. The fourth-order valence-corrected chi connectivity index (χ4v) is 2.84. The molecule has 1 aliphatic rings. The summed E-state index contributed by atoms with van der Waals surface area (Å²) >= 11 is 0. The third kappa shape index (κ3) is 4.92. The van der Waals surface area contributed by atoms with Gasteiger partial charge in [0.25, 0.3) is 0 Å². The van der Waals surface area contributed by atoms with Gasteiger partial charge in [0.1, 0.15) is 5.82 Å². The van der Waals surface area contributed by atoms with Crippen molar-refractivity contribution in [1.29, 1.82) is 0 Å². The van der Waals surface area contributed by atoms with E-state index in [0.717, 1.165) is 24.5 Å². The quantitative estimate of drug-likeness (QED) is 0.577. The van der Waals surface area contributed by atoms with E-state index < -0.39 is 5.97 Å². The van der Waals surface area contributed by atoms with Crippen molar-refractivity contribution in [3.05, 3.63) is 59.3 Å². The normalized spacial score (nSPS) is 14.3. The lowest BCUT2D eigenvalue weighted by molar-refractivity contribution is 0.0474. The average molecular weight is 368 g/mol. The summed E-state index contributed by atoms with van der Waals surface area (Å²) in [4.78, 5) is 30.8. The van der Waals surface area contributed by atoms with Crippen molar-refractivity contribution < 1.29 is 19.1 Å². The molecule has 1 fully saturated rings. The number of ether oxygens (including phenoxy) is 2. The Morgan fingerprint density at radius 2 is 1.74 bits per heavy atom. The highest BCUT2D eigenvalue weighted by Gasteiger charge is 2.15. The lowest BCUT2D eigenvalue weighted by Crippen LogP contribution is -2.36. The number of esters is 1. The number of ketones is 1. The molecule has 142 valence electrons. The van der Waals surface area contributed by atoms with Crippen molar-refractivity contribution in [1.82, 2.24) is 4.98 Å². The van der Waals surface area contributed by atoms with Crippen LogP contribution in [0.15, 0.2) is 42.6 Å². The lowest BCUT2D eigenvalue weighted by atomic mass is 10.0. The fourth-order valence-electron chi connectivity index (χ4n) is 2.84. The zero-order valence-electron chi connectivity index (χ0n) is 15.7. The predicted molar refractivity (Wildman–Crippen MR) is 102 cm³/mol. The van der Waals surface area contributed by atoms with Gasteiger partial charge in [-0.1, -0.05) is 38.1 Å². The molecule has 1 aromatic carbocycles. The monoisotopic (exact) mass is 368 g/mol. The molecule has 0 saturated carbocycles. The van der Waals surface area contributed by atoms with Gasteiger partial charge in [-0.25, -0.2) is 9.78 Å². The average Bonchev–Trinajstić information content (AvgIpc) is 2.72. The molecule has 3 rings (SSSR count). The van der Waals surface area contributed by atoms with E-state index in [4.69, 9.17) is 9.47 Å². The number of nitrogens with zero attached hydrogens (tertiary/aromatic N) is 2. The molecule has 0 aliphatic carbocycles. The van der Waals surface area contributed by atoms with Crippen LogP contribution < -0.4 is 4.90 Å². The number of benzene rings is 1. The van der Waals surface area contributed by atoms with Crippen molar-refractivity contribution in [2.45, 2.75) is 19.8 Å². The minimum Gasteiger partial charge on any atom is -0.454 e. The molecule has 1 aliphatic heterocycles. The van der Waals surface area contributed by atoms with Gasteiger partial charge in [-0.05, 0) is 23.6 Å². The van der Waals surface area contributed by atoms with Crippen molar-refractivity contribution in [3.8, 4) is 0 Å². The summed E-state index contributed by atoms with van der Waals surface area (Å²) in [5.74, 6) is 0.427. The second-order valence-corrected chi connectivity index (χ2v) is 6.78. The summed E-state index contributed by atoms with van der Waals surface area (Å²) < 4.78 is 10.5. The molecule has 0 spiro atoms. The van der Waals surface area contributed by atoms with Crippen LogP contribution in [0.3, 0.4) is 0 Å². The smallest absolute Gasteiger partial charge is 0.340 e. The van der Waals surface area contributed by atoms with Crippen LogP contribution in [0.5, 0.6) is 0 Å². The predicted octanol–water partition coefficient (Wildman–Crippen LogP) is 3.08. The molecule has 0 bridgehead atoms. The maximum absolute atomic E-state index is 12.2. The first-order valence-electron chi connectivity index (χ1n) is 9.13. The molecule has 1 aromatic heterocycles. The van der Waals surface area contributed by atoms with Gasteiger partial charge < -0.3 is 14.4 Å². The van der Waals surface area contributed by atoms with Gasteiger partial charge in [-0.15, -0.1) is 0 Å². The van der Waals surface area contributed by atoms with Gasteiger partial charge in [0.05, 0.1) is 18.8 Å². The van der Waals surface area contributed by atoms with E-state index in [1.165, 1.54) is 6.20 Å². The Kier molecular flexibility index (Phi) is 6.19. The minimum atomic E-state index is -0.553. The Labute approximate surface area is 159 Å². The van der Waals surface area contributed by atoms with Gasteiger partial charge in [0.2, 0.25) is 0 Å². The first-order valence-corrected chi connectivity index (χ1v) is 9.13. The molecular formula is C21H24N2O4. The Balaban J connectivity index is 1.54.